The minimum Gasteiger partial charge on any atom is -0.352 e. The third-order valence-corrected chi connectivity index (χ3v) is 3.64. The lowest BCUT2D eigenvalue weighted by Crippen LogP contribution is -2.47. The summed E-state index contributed by atoms with van der Waals surface area (Å²) in [5, 5.41) is 4.90. The van der Waals surface area contributed by atoms with Gasteiger partial charge in [-0.25, -0.2) is 5.01 Å². The number of nitrogens with two attached hydrogens (primary N) is 1. The maximum Gasteiger partial charge on any atom is 0.217 e. The molecule has 92 valence electrons. The first-order valence-corrected chi connectivity index (χ1v) is 6.16. The Labute approximate surface area is 96.9 Å². The van der Waals surface area contributed by atoms with Crippen LogP contribution in [-0.4, -0.2) is 54.1 Å². The minimum atomic E-state index is 0.0867. The molecule has 5 heteroatoms. The van der Waals surface area contributed by atoms with Crippen molar-refractivity contribution in [2.75, 3.05) is 26.2 Å². The molecule has 0 bridgehead atoms. The highest BCUT2D eigenvalue weighted by Crippen LogP contribution is 2.20. The van der Waals surface area contributed by atoms with Gasteiger partial charge in [0.2, 0.25) is 5.91 Å². The molecule has 0 aromatic carbocycles. The Kier molecular flexibility index (Phi) is 3.78. The van der Waals surface area contributed by atoms with Crippen LogP contribution >= 0.6 is 0 Å². The standard InChI is InChI=1S/C11H22N4O/c1-9(16)13-10-2-5-14(8-10)11-3-6-15(12)7-4-11/h10-11H,2-8,12H2,1H3,(H,13,16). The van der Waals surface area contributed by atoms with Crippen LogP contribution < -0.4 is 11.2 Å². The highest BCUT2D eigenvalue weighted by Gasteiger charge is 2.30. The summed E-state index contributed by atoms with van der Waals surface area (Å²) in [7, 11) is 0. The second-order valence-corrected chi connectivity index (χ2v) is 4.95. The monoisotopic (exact) mass is 226 g/mol. The van der Waals surface area contributed by atoms with Crippen LogP contribution in [-0.2, 0) is 4.79 Å². The summed E-state index contributed by atoms with van der Waals surface area (Å²) in [6, 6.07) is 1.02. The predicted molar refractivity (Wildman–Crippen MR) is 62.6 cm³/mol. The summed E-state index contributed by atoms with van der Waals surface area (Å²) < 4.78 is 0. The smallest absolute Gasteiger partial charge is 0.217 e. The molecule has 3 N–H and O–H groups in total. The minimum absolute atomic E-state index is 0.0867. The van der Waals surface area contributed by atoms with Gasteiger partial charge in [0.25, 0.3) is 0 Å². The van der Waals surface area contributed by atoms with Crippen LogP contribution in [0.4, 0.5) is 0 Å². The molecule has 0 saturated carbocycles. The number of carbonyl (C=O) groups excluding carboxylic acids is 1. The molecular weight excluding hydrogens is 204 g/mol. The van der Waals surface area contributed by atoms with Crippen LogP contribution in [0, 0.1) is 0 Å². The molecule has 5 nitrogen and oxygen atoms in total. The van der Waals surface area contributed by atoms with E-state index in [0.717, 1.165) is 45.4 Å². The van der Waals surface area contributed by atoms with Gasteiger partial charge in [-0.1, -0.05) is 0 Å². The summed E-state index contributed by atoms with van der Waals surface area (Å²) in [5.74, 6) is 5.83. The Bertz CT molecular complexity index is 250. The number of nitrogens with zero attached hydrogens (tertiary/aromatic N) is 2. The lowest BCUT2D eigenvalue weighted by atomic mass is 10.1. The summed E-state index contributed by atoms with van der Waals surface area (Å²) in [6.45, 7) is 5.70. The fraction of sp³-hybridized carbons (Fsp3) is 0.909. The molecular formula is C11H22N4O. The van der Waals surface area contributed by atoms with Gasteiger partial charge in [-0.15, -0.1) is 0 Å². The zero-order valence-corrected chi connectivity index (χ0v) is 9.98. The first-order valence-electron chi connectivity index (χ1n) is 6.16. The van der Waals surface area contributed by atoms with Crippen LogP contribution in [0.5, 0.6) is 0 Å². The van der Waals surface area contributed by atoms with E-state index in [1.165, 1.54) is 0 Å². The lowest BCUT2D eigenvalue weighted by molar-refractivity contribution is -0.119. The van der Waals surface area contributed by atoms with Crippen molar-refractivity contribution in [2.45, 2.75) is 38.3 Å². The molecule has 2 fully saturated rings. The molecule has 0 aromatic heterocycles. The molecule has 2 rings (SSSR count). The van der Waals surface area contributed by atoms with Crippen LogP contribution in [0.1, 0.15) is 26.2 Å². The zero-order chi connectivity index (χ0) is 11.5. The lowest BCUT2D eigenvalue weighted by Gasteiger charge is -2.34. The number of carbonyl (C=O) groups is 1. The van der Waals surface area contributed by atoms with Gasteiger partial charge in [0.1, 0.15) is 0 Å². The van der Waals surface area contributed by atoms with E-state index in [4.69, 9.17) is 5.84 Å². The molecule has 0 aromatic rings. The van der Waals surface area contributed by atoms with Gasteiger partial charge in [-0.2, -0.15) is 0 Å². The van der Waals surface area contributed by atoms with Crippen molar-refractivity contribution in [3.05, 3.63) is 0 Å². The van der Waals surface area contributed by atoms with Crippen molar-refractivity contribution < 1.29 is 4.79 Å². The van der Waals surface area contributed by atoms with Crippen molar-refractivity contribution in [3.63, 3.8) is 0 Å². The molecule has 0 radical (unpaired) electrons. The second-order valence-electron chi connectivity index (χ2n) is 4.95. The molecule has 0 aliphatic carbocycles. The maximum atomic E-state index is 11.0. The molecule has 2 heterocycles. The maximum absolute atomic E-state index is 11.0. The van der Waals surface area contributed by atoms with E-state index in [0.29, 0.717) is 12.1 Å². The number of hydrogen-bond donors (Lipinski definition) is 2. The van der Waals surface area contributed by atoms with Gasteiger partial charge >= 0.3 is 0 Å². The first kappa shape index (κ1) is 11.8. The fourth-order valence-corrected chi connectivity index (χ4v) is 2.78. The Morgan fingerprint density at radius 2 is 1.94 bits per heavy atom. The highest BCUT2D eigenvalue weighted by molar-refractivity contribution is 5.73. The number of likely N-dealkylation sites (tertiary alicyclic amines) is 1. The fourth-order valence-electron chi connectivity index (χ4n) is 2.78. The summed E-state index contributed by atoms with van der Waals surface area (Å²) in [6.07, 6.45) is 3.40. The van der Waals surface area contributed by atoms with Crippen LogP contribution in [0.15, 0.2) is 0 Å². The molecule has 0 spiro atoms. The summed E-state index contributed by atoms with van der Waals surface area (Å²) in [5.41, 5.74) is 0. The largest absolute Gasteiger partial charge is 0.352 e. The average Bonchev–Trinajstić information content (AvgIpc) is 2.66. The summed E-state index contributed by atoms with van der Waals surface area (Å²) >= 11 is 0. The Morgan fingerprint density at radius 1 is 1.25 bits per heavy atom. The highest BCUT2D eigenvalue weighted by atomic mass is 16.1. The van der Waals surface area contributed by atoms with E-state index in [1.54, 1.807) is 6.92 Å². The third kappa shape index (κ3) is 2.93. The van der Waals surface area contributed by atoms with E-state index in [1.807, 2.05) is 5.01 Å². The van der Waals surface area contributed by atoms with Crippen LogP contribution in [0.2, 0.25) is 0 Å². The zero-order valence-electron chi connectivity index (χ0n) is 9.98. The van der Waals surface area contributed by atoms with Gasteiger partial charge in [0.15, 0.2) is 0 Å². The van der Waals surface area contributed by atoms with Crippen LogP contribution in [0.3, 0.4) is 0 Å². The van der Waals surface area contributed by atoms with E-state index in [9.17, 15) is 4.79 Å². The molecule has 2 aliphatic heterocycles. The molecule has 1 amide bonds. The SMILES string of the molecule is CC(=O)NC1CCN(C2CCN(N)CC2)C1. The van der Waals surface area contributed by atoms with E-state index in [2.05, 4.69) is 10.2 Å². The Hall–Kier alpha value is -0.650. The number of piperidine rings is 1. The van der Waals surface area contributed by atoms with Gasteiger partial charge in [0, 0.05) is 45.2 Å². The number of amides is 1. The van der Waals surface area contributed by atoms with Crippen molar-refractivity contribution in [2.24, 2.45) is 5.84 Å². The number of hydrogen-bond acceptors (Lipinski definition) is 4. The van der Waals surface area contributed by atoms with Crippen molar-refractivity contribution in [3.8, 4) is 0 Å². The van der Waals surface area contributed by atoms with Crippen molar-refractivity contribution in [1.82, 2.24) is 15.2 Å². The molecule has 16 heavy (non-hydrogen) atoms. The number of rotatable bonds is 2. The Morgan fingerprint density at radius 3 is 2.56 bits per heavy atom. The molecule has 1 unspecified atom stereocenters. The Balaban J connectivity index is 1.77. The first-order chi connectivity index (χ1) is 7.65. The van der Waals surface area contributed by atoms with E-state index < -0.39 is 0 Å². The van der Waals surface area contributed by atoms with Gasteiger partial charge in [-0.3, -0.25) is 15.5 Å². The third-order valence-electron chi connectivity index (χ3n) is 3.64. The number of hydrazine groups is 1. The predicted octanol–water partition coefficient (Wildman–Crippen LogP) is -0.465. The quantitative estimate of drug-likeness (QED) is 0.625. The van der Waals surface area contributed by atoms with E-state index in [-0.39, 0.29) is 5.91 Å². The topological polar surface area (TPSA) is 61.6 Å². The summed E-state index contributed by atoms with van der Waals surface area (Å²) in [4.78, 5) is 13.5. The van der Waals surface area contributed by atoms with Gasteiger partial charge in [0.05, 0.1) is 0 Å². The van der Waals surface area contributed by atoms with Crippen molar-refractivity contribution in [1.29, 1.82) is 0 Å². The molecule has 1 atom stereocenters. The van der Waals surface area contributed by atoms with Crippen molar-refractivity contribution >= 4 is 5.91 Å². The molecule has 2 aliphatic rings. The number of nitrogens with one attached hydrogen (secondary N) is 1. The van der Waals surface area contributed by atoms with Gasteiger partial charge in [-0.05, 0) is 19.3 Å². The molecule has 2 saturated heterocycles. The average molecular weight is 226 g/mol. The van der Waals surface area contributed by atoms with Crippen LogP contribution in [0.25, 0.3) is 0 Å². The van der Waals surface area contributed by atoms with E-state index >= 15 is 0 Å². The van der Waals surface area contributed by atoms with Gasteiger partial charge < -0.3 is 5.32 Å². The second kappa shape index (κ2) is 5.12. The normalized spacial score (nSPS) is 29.5.